The van der Waals surface area contributed by atoms with Crippen molar-refractivity contribution in [2.24, 2.45) is 0 Å². The van der Waals surface area contributed by atoms with Crippen LogP contribution in [0.5, 0.6) is 5.75 Å². The molecule has 0 radical (unpaired) electrons. The van der Waals surface area contributed by atoms with Crippen molar-refractivity contribution < 1.29 is 14.6 Å². The molecule has 0 aliphatic carbocycles. The van der Waals surface area contributed by atoms with Gasteiger partial charge in [-0.15, -0.1) is 0 Å². The Morgan fingerprint density at radius 3 is 2.55 bits per heavy atom. The number of ether oxygens (including phenoxy) is 1. The first kappa shape index (κ1) is 14.6. The zero-order valence-electron chi connectivity index (χ0n) is 10.9. The van der Waals surface area contributed by atoms with Gasteiger partial charge in [0, 0.05) is 4.47 Å². The molecule has 2 rings (SSSR count). The van der Waals surface area contributed by atoms with Crippen LogP contribution in [0.1, 0.15) is 22.3 Å². The average molecular weight is 335 g/mol. The molecule has 3 nitrogen and oxygen atoms in total. The van der Waals surface area contributed by atoms with E-state index in [1.165, 1.54) is 5.56 Å². The molecule has 0 aliphatic heterocycles. The third-order valence-electron chi connectivity index (χ3n) is 2.90. The molecule has 0 amide bonds. The lowest BCUT2D eigenvalue weighted by molar-refractivity contribution is 0.0691. The van der Waals surface area contributed by atoms with Gasteiger partial charge in [-0.05, 0) is 46.5 Å². The van der Waals surface area contributed by atoms with E-state index in [9.17, 15) is 9.90 Å². The van der Waals surface area contributed by atoms with Crippen molar-refractivity contribution in [2.45, 2.75) is 12.8 Å². The molecular formula is C16H15BrO3. The third-order valence-corrected chi connectivity index (χ3v) is 3.56. The molecule has 1 N–H and O–H groups in total. The lowest BCUT2D eigenvalue weighted by atomic mass is 10.1. The second-order valence-electron chi connectivity index (χ2n) is 4.36. The fourth-order valence-electron chi connectivity index (χ4n) is 1.94. The second-order valence-corrected chi connectivity index (χ2v) is 5.21. The molecule has 0 fully saturated rings. The van der Waals surface area contributed by atoms with Gasteiger partial charge in [0.2, 0.25) is 0 Å². The van der Waals surface area contributed by atoms with Gasteiger partial charge in [0.15, 0.2) is 0 Å². The van der Waals surface area contributed by atoms with Crippen molar-refractivity contribution in [3.63, 3.8) is 0 Å². The van der Waals surface area contributed by atoms with Crippen LogP contribution in [0.25, 0.3) is 0 Å². The van der Waals surface area contributed by atoms with Crippen LogP contribution in [0.2, 0.25) is 0 Å². The summed E-state index contributed by atoms with van der Waals surface area (Å²) in [7, 11) is 0. The first-order valence-electron chi connectivity index (χ1n) is 6.37. The maximum absolute atomic E-state index is 11.2. The van der Waals surface area contributed by atoms with Crippen molar-refractivity contribution in [1.29, 1.82) is 0 Å². The molecule has 0 aliphatic rings. The maximum atomic E-state index is 11.2. The van der Waals surface area contributed by atoms with Gasteiger partial charge < -0.3 is 9.84 Å². The summed E-state index contributed by atoms with van der Waals surface area (Å²) < 4.78 is 6.12. The lowest BCUT2D eigenvalue weighted by Gasteiger charge is -2.10. The Labute approximate surface area is 126 Å². The Hall–Kier alpha value is -1.81. The van der Waals surface area contributed by atoms with Gasteiger partial charge in [-0.3, -0.25) is 0 Å². The molecule has 0 aromatic heterocycles. The van der Waals surface area contributed by atoms with E-state index in [0.717, 1.165) is 12.8 Å². The molecule has 0 saturated heterocycles. The molecule has 0 unspecified atom stereocenters. The second kappa shape index (κ2) is 7.10. The van der Waals surface area contributed by atoms with Crippen LogP contribution in [0.3, 0.4) is 0 Å². The highest BCUT2D eigenvalue weighted by Gasteiger charge is 2.14. The number of carboxylic acid groups (broad SMARTS) is 1. The van der Waals surface area contributed by atoms with Crippen molar-refractivity contribution in [2.75, 3.05) is 6.61 Å². The summed E-state index contributed by atoms with van der Waals surface area (Å²) in [5, 5.41) is 9.17. The quantitative estimate of drug-likeness (QED) is 0.807. The lowest BCUT2D eigenvalue weighted by Crippen LogP contribution is -2.06. The normalized spacial score (nSPS) is 10.2. The van der Waals surface area contributed by atoms with Gasteiger partial charge in [0.25, 0.3) is 0 Å². The van der Waals surface area contributed by atoms with Crippen LogP contribution in [0, 0.1) is 0 Å². The molecule has 20 heavy (non-hydrogen) atoms. The number of rotatable bonds is 6. The zero-order valence-corrected chi connectivity index (χ0v) is 12.5. The summed E-state index contributed by atoms with van der Waals surface area (Å²) in [4.78, 5) is 11.2. The summed E-state index contributed by atoms with van der Waals surface area (Å²) in [6.07, 6.45) is 1.76. The Bertz CT molecular complexity index is 582. The average Bonchev–Trinajstić information content (AvgIpc) is 2.44. The largest absolute Gasteiger partial charge is 0.493 e. The highest BCUT2D eigenvalue weighted by molar-refractivity contribution is 9.10. The minimum Gasteiger partial charge on any atom is -0.493 e. The Morgan fingerprint density at radius 2 is 1.85 bits per heavy atom. The topological polar surface area (TPSA) is 46.5 Å². The van der Waals surface area contributed by atoms with E-state index in [-0.39, 0.29) is 5.56 Å². The maximum Gasteiger partial charge on any atom is 0.340 e. The van der Waals surface area contributed by atoms with E-state index in [1.54, 1.807) is 18.2 Å². The highest BCUT2D eigenvalue weighted by atomic mass is 79.9. The summed E-state index contributed by atoms with van der Waals surface area (Å²) in [5.74, 6) is -0.588. The molecule has 4 heteroatoms. The van der Waals surface area contributed by atoms with E-state index in [0.29, 0.717) is 16.8 Å². The van der Waals surface area contributed by atoms with Crippen LogP contribution < -0.4 is 4.74 Å². The Kier molecular flexibility index (Phi) is 5.18. The van der Waals surface area contributed by atoms with Crippen molar-refractivity contribution in [3.05, 3.63) is 64.1 Å². The van der Waals surface area contributed by atoms with Gasteiger partial charge in [-0.2, -0.15) is 0 Å². The molecule has 0 saturated carbocycles. The van der Waals surface area contributed by atoms with Crippen LogP contribution >= 0.6 is 15.9 Å². The molecular weight excluding hydrogens is 320 g/mol. The molecule has 0 atom stereocenters. The summed E-state index contributed by atoms with van der Waals surface area (Å²) >= 11 is 3.23. The number of carbonyl (C=O) groups is 1. The van der Waals surface area contributed by atoms with Crippen molar-refractivity contribution in [1.82, 2.24) is 0 Å². The van der Waals surface area contributed by atoms with Crippen molar-refractivity contribution in [3.8, 4) is 5.75 Å². The van der Waals surface area contributed by atoms with E-state index in [2.05, 4.69) is 28.1 Å². The Morgan fingerprint density at radius 1 is 1.10 bits per heavy atom. The minimum atomic E-state index is -0.990. The van der Waals surface area contributed by atoms with Gasteiger partial charge in [-0.25, -0.2) is 4.79 Å². The number of carboxylic acids is 1. The number of hydrogen-bond donors (Lipinski definition) is 1. The number of halogens is 1. The minimum absolute atomic E-state index is 0.173. The third kappa shape index (κ3) is 3.84. The molecule has 0 bridgehead atoms. The zero-order chi connectivity index (χ0) is 14.4. The number of aromatic carboxylic acids is 1. The summed E-state index contributed by atoms with van der Waals surface area (Å²) in [5.41, 5.74) is 1.43. The molecule has 104 valence electrons. The fourth-order valence-corrected chi connectivity index (χ4v) is 2.45. The summed E-state index contributed by atoms with van der Waals surface area (Å²) in [6, 6.07) is 15.3. The van der Waals surface area contributed by atoms with Crippen LogP contribution in [-0.2, 0) is 6.42 Å². The molecule has 2 aromatic rings. The number of aryl methyl sites for hydroxylation is 1. The van der Waals surface area contributed by atoms with E-state index >= 15 is 0 Å². The molecule has 2 aromatic carbocycles. The van der Waals surface area contributed by atoms with E-state index in [1.807, 2.05) is 18.2 Å². The number of benzene rings is 2. The van der Waals surface area contributed by atoms with Gasteiger partial charge in [0.1, 0.15) is 11.3 Å². The van der Waals surface area contributed by atoms with E-state index < -0.39 is 5.97 Å². The smallest absolute Gasteiger partial charge is 0.340 e. The molecule has 0 spiro atoms. The Balaban J connectivity index is 1.92. The standard InChI is InChI=1S/C16H15BrO3/c17-13-9-4-10-14(15(13)16(18)19)20-11-5-8-12-6-2-1-3-7-12/h1-4,6-7,9-10H,5,8,11H2,(H,18,19). The van der Waals surface area contributed by atoms with Gasteiger partial charge in [0.05, 0.1) is 6.61 Å². The predicted molar refractivity (Wildman–Crippen MR) is 81.4 cm³/mol. The first-order chi connectivity index (χ1) is 9.68. The van der Waals surface area contributed by atoms with Crippen LogP contribution in [-0.4, -0.2) is 17.7 Å². The predicted octanol–water partition coefficient (Wildman–Crippen LogP) is 4.16. The van der Waals surface area contributed by atoms with E-state index in [4.69, 9.17) is 4.74 Å². The first-order valence-corrected chi connectivity index (χ1v) is 7.16. The monoisotopic (exact) mass is 334 g/mol. The fraction of sp³-hybridized carbons (Fsp3) is 0.188. The summed E-state index contributed by atoms with van der Waals surface area (Å²) in [6.45, 7) is 0.492. The van der Waals surface area contributed by atoms with Crippen molar-refractivity contribution >= 4 is 21.9 Å². The molecule has 0 heterocycles. The van der Waals surface area contributed by atoms with Gasteiger partial charge in [-0.1, -0.05) is 36.4 Å². The number of hydrogen-bond acceptors (Lipinski definition) is 2. The highest BCUT2D eigenvalue weighted by Crippen LogP contribution is 2.26. The SMILES string of the molecule is O=C(O)c1c(Br)cccc1OCCCc1ccccc1. The van der Waals surface area contributed by atoms with Crippen LogP contribution in [0.4, 0.5) is 0 Å². The van der Waals surface area contributed by atoms with Gasteiger partial charge >= 0.3 is 5.97 Å². The van der Waals surface area contributed by atoms with Crippen LogP contribution in [0.15, 0.2) is 53.0 Å².